The highest BCUT2D eigenvalue weighted by Crippen LogP contribution is 2.43. The van der Waals surface area contributed by atoms with Crippen molar-refractivity contribution in [2.45, 2.75) is 114 Å². The Kier molecular flexibility index (Phi) is 26.9. The molecule has 0 radical (unpaired) electrons. The van der Waals surface area contributed by atoms with E-state index in [1.165, 1.54) is 14.0 Å². The summed E-state index contributed by atoms with van der Waals surface area (Å²) < 4.78 is 97.2. The molecule has 90 heavy (non-hydrogen) atoms. The van der Waals surface area contributed by atoms with Crippen LogP contribution in [-0.4, -0.2) is 121 Å². The highest BCUT2D eigenvalue weighted by molar-refractivity contribution is 5.80. The van der Waals surface area contributed by atoms with E-state index in [0.717, 1.165) is 33.4 Å². The van der Waals surface area contributed by atoms with E-state index in [0.29, 0.717) is 17.1 Å². The minimum absolute atomic E-state index is 0.0390. The first-order valence-electron chi connectivity index (χ1n) is 30.1. The fourth-order valence-electron chi connectivity index (χ4n) is 10.7. The van der Waals surface area contributed by atoms with Gasteiger partial charge in [0.2, 0.25) is 12.2 Å². The maximum atomic E-state index is 15.5. The molecule has 7 aromatic rings. The lowest BCUT2D eigenvalue weighted by Gasteiger charge is -2.50. The molecule has 0 aromatic heterocycles. The van der Waals surface area contributed by atoms with Crippen LogP contribution in [0.1, 0.15) is 53.1 Å². The minimum atomic E-state index is -1.96. The molecule has 476 valence electrons. The van der Waals surface area contributed by atoms with Gasteiger partial charge in [0.15, 0.2) is 5.60 Å². The van der Waals surface area contributed by atoms with Crippen LogP contribution in [0.25, 0.3) is 0 Å². The van der Waals surface area contributed by atoms with Crippen molar-refractivity contribution < 1.29 is 80.6 Å². The summed E-state index contributed by atoms with van der Waals surface area (Å²) in [6.45, 7) is 1.57. The van der Waals surface area contributed by atoms with E-state index < -0.39 is 66.4 Å². The first-order valence-corrected chi connectivity index (χ1v) is 30.1. The number of esters is 1. The summed E-state index contributed by atoms with van der Waals surface area (Å²) in [5.74, 6) is -0.0816. The third-order valence-electron chi connectivity index (χ3n) is 15.1. The molecule has 2 heterocycles. The summed E-state index contributed by atoms with van der Waals surface area (Å²) >= 11 is 0. The number of hydrogen-bond acceptors (Lipinski definition) is 17. The molecular weight excluding hydrogens is 1150 g/mol. The van der Waals surface area contributed by atoms with Gasteiger partial charge in [-0.05, 0) is 69.3 Å². The van der Waals surface area contributed by atoms with Gasteiger partial charge in [-0.25, -0.2) is 4.79 Å². The van der Waals surface area contributed by atoms with E-state index in [9.17, 15) is 4.79 Å². The molecule has 0 spiro atoms. The van der Waals surface area contributed by atoms with Gasteiger partial charge in [0, 0.05) is 19.8 Å². The van der Waals surface area contributed by atoms with E-state index in [2.05, 4.69) is 5.32 Å². The predicted octanol–water partition coefficient (Wildman–Crippen LogP) is 11.0. The van der Waals surface area contributed by atoms with Gasteiger partial charge in [0.1, 0.15) is 69.2 Å². The smallest absolute Gasteiger partial charge is 0.338 e. The topological polar surface area (TPSA) is 185 Å². The summed E-state index contributed by atoms with van der Waals surface area (Å²) in [6, 6.07) is 64.3. The highest BCUT2D eigenvalue weighted by atomic mass is 16.7. The van der Waals surface area contributed by atoms with Gasteiger partial charge in [-0.15, -0.1) is 0 Å². The predicted molar refractivity (Wildman–Crippen MR) is 333 cm³/mol. The van der Waals surface area contributed by atoms with E-state index in [4.69, 9.17) is 71.1 Å². The molecule has 7 aromatic carbocycles. The molecular formula is C72H81NO17. The molecule has 0 bridgehead atoms. The standard InChI is InChI=1S/C72H81NO17/c1-53(74)73-67-63(85-50-80-43-56-26-14-6-15-27-56)40-72(71(75)77-3,39-60-38-66(88-62-36-34-61(76-2)35-37-62)89-65(48-78-41-54-22-10-4-11-23-54)68(60)84-46-59-32-20-9-21-33-59)90-70(67)69(87-52-82-45-58-30-18-8-19-31-58)64(86-51-81-44-57-28-16-7-17-29-57)47-83-49-79-42-55-24-12-5-13-25-55/h4-38,63-70H,39-52H2,1-3H3,(H,73,74)/t63-,64+,65+,66+,67+,68+,69-,70+,72-/m0/s1. The Balaban J connectivity index is 1.12. The van der Waals surface area contributed by atoms with Crippen molar-refractivity contribution in [1.29, 1.82) is 0 Å². The van der Waals surface area contributed by atoms with Gasteiger partial charge in [0.05, 0.1) is 79.2 Å². The molecule has 0 saturated carbocycles. The van der Waals surface area contributed by atoms with Gasteiger partial charge in [-0.3, -0.25) is 4.79 Å². The van der Waals surface area contributed by atoms with E-state index in [1.54, 1.807) is 37.5 Å². The molecule has 18 nitrogen and oxygen atoms in total. The zero-order valence-electron chi connectivity index (χ0n) is 51.2. The summed E-state index contributed by atoms with van der Waals surface area (Å²) in [6.07, 6.45) is -6.06. The van der Waals surface area contributed by atoms with Crippen LogP contribution in [0.3, 0.4) is 0 Å². The monoisotopic (exact) mass is 1230 g/mol. The second kappa shape index (κ2) is 36.3. The number of carbonyl (C=O) groups excluding carboxylic acids is 2. The van der Waals surface area contributed by atoms with Crippen molar-refractivity contribution in [1.82, 2.24) is 5.32 Å². The van der Waals surface area contributed by atoms with E-state index in [-0.39, 0.29) is 92.9 Å². The Labute approximate surface area is 527 Å². The fraction of sp³-hybridized carbons (Fsp3) is 0.361. The molecule has 18 heteroatoms. The zero-order chi connectivity index (χ0) is 62.4. The third kappa shape index (κ3) is 21.0. The quantitative estimate of drug-likeness (QED) is 0.0168. The molecule has 1 saturated heterocycles. The first kappa shape index (κ1) is 66.8. The Morgan fingerprint density at radius 1 is 0.533 bits per heavy atom. The SMILES string of the molecule is COC(=O)[C@]1(CC2=C[C@H](Oc3ccc(OC)cc3)O[C@H](COCc3ccccc3)[C@@H]2OCc2ccccc2)C[C@H](OCOCc2ccccc2)[C@@H](NC(C)=O)[C@H]([C@@H](OCOCc2ccccc2)[C@@H](COCOCc2ccccc2)OCOCc2ccccc2)O1. The number of rotatable bonds is 37. The van der Waals surface area contributed by atoms with Crippen molar-refractivity contribution in [3.63, 3.8) is 0 Å². The van der Waals surface area contributed by atoms with Crippen molar-refractivity contribution >= 4 is 11.9 Å². The van der Waals surface area contributed by atoms with Gasteiger partial charge >= 0.3 is 5.97 Å². The largest absolute Gasteiger partial charge is 0.497 e. The number of methoxy groups -OCH3 is 2. The number of benzene rings is 7. The van der Waals surface area contributed by atoms with Crippen LogP contribution < -0.4 is 14.8 Å². The Morgan fingerprint density at radius 3 is 1.50 bits per heavy atom. The number of ether oxygens (including phenoxy) is 15. The molecule has 0 aliphatic carbocycles. The van der Waals surface area contributed by atoms with Crippen molar-refractivity contribution in [2.24, 2.45) is 0 Å². The van der Waals surface area contributed by atoms with Crippen molar-refractivity contribution in [2.75, 3.05) is 54.6 Å². The van der Waals surface area contributed by atoms with Gasteiger partial charge in [-0.2, -0.15) is 0 Å². The molecule has 2 aliphatic rings. The van der Waals surface area contributed by atoms with Crippen LogP contribution in [0.5, 0.6) is 11.5 Å². The highest BCUT2D eigenvalue weighted by Gasteiger charge is 2.58. The van der Waals surface area contributed by atoms with Crippen LogP contribution in [0.4, 0.5) is 0 Å². The lowest BCUT2D eigenvalue weighted by atomic mass is 9.78. The van der Waals surface area contributed by atoms with Crippen LogP contribution in [0.2, 0.25) is 0 Å². The molecule has 9 rings (SSSR count). The zero-order valence-corrected chi connectivity index (χ0v) is 51.2. The van der Waals surface area contributed by atoms with Crippen LogP contribution >= 0.6 is 0 Å². The van der Waals surface area contributed by atoms with Crippen LogP contribution in [0.15, 0.2) is 218 Å². The maximum absolute atomic E-state index is 15.5. The summed E-state index contributed by atoms with van der Waals surface area (Å²) in [5, 5.41) is 3.13. The second-order valence-electron chi connectivity index (χ2n) is 21.7. The van der Waals surface area contributed by atoms with Gasteiger partial charge in [-0.1, -0.05) is 182 Å². The Hall–Kier alpha value is -7.66. The lowest BCUT2D eigenvalue weighted by molar-refractivity contribution is -0.272. The summed E-state index contributed by atoms with van der Waals surface area (Å²) in [7, 11) is 2.88. The number of carbonyl (C=O) groups is 2. The number of hydrogen-bond donors (Lipinski definition) is 1. The molecule has 1 amide bonds. The minimum Gasteiger partial charge on any atom is -0.497 e. The van der Waals surface area contributed by atoms with Gasteiger partial charge in [0.25, 0.3) is 0 Å². The van der Waals surface area contributed by atoms with Crippen LogP contribution in [-0.2, 0) is 111 Å². The average molecular weight is 1230 g/mol. The maximum Gasteiger partial charge on any atom is 0.338 e. The molecule has 1 N–H and O–H groups in total. The Morgan fingerprint density at radius 2 is 1.00 bits per heavy atom. The lowest BCUT2D eigenvalue weighted by Crippen LogP contribution is -2.68. The van der Waals surface area contributed by atoms with E-state index >= 15 is 4.79 Å². The third-order valence-corrected chi connectivity index (χ3v) is 15.1. The molecule has 1 fully saturated rings. The number of amides is 1. The molecule has 9 atom stereocenters. The normalized spacial score (nSPS) is 20.5. The summed E-state index contributed by atoms with van der Waals surface area (Å²) in [5.41, 5.74) is 4.09. The first-order chi connectivity index (χ1) is 44.2. The fourth-order valence-corrected chi connectivity index (χ4v) is 10.7. The Bertz CT molecular complexity index is 3170. The van der Waals surface area contributed by atoms with Crippen LogP contribution in [0, 0.1) is 0 Å². The number of nitrogens with one attached hydrogen (secondary N) is 1. The molecule has 2 aliphatic heterocycles. The van der Waals surface area contributed by atoms with E-state index in [1.807, 2.05) is 182 Å². The second-order valence-corrected chi connectivity index (χ2v) is 21.7. The molecule has 0 unspecified atom stereocenters. The van der Waals surface area contributed by atoms with Crippen molar-refractivity contribution in [3.8, 4) is 11.5 Å². The van der Waals surface area contributed by atoms with Crippen molar-refractivity contribution in [3.05, 3.63) is 251 Å². The van der Waals surface area contributed by atoms with Gasteiger partial charge < -0.3 is 76.4 Å². The summed E-state index contributed by atoms with van der Waals surface area (Å²) in [4.78, 5) is 29.3. The average Bonchev–Trinajstić information content (AvgIpc) is 0.803.